The first-order valence-electron chi connectivity index (χ1n) is 6.63. The average molecular weight is 292 g/mol. The number of amides is 1. The molecule has 1 N–H and O–H groups in total. The molecule has 1 aliphatic rings. The van der Waals surface area contributed by atoms with Gasteiger partial charge in [-0.3, -0.25) is 14.9 Å². The van der Waals surface area contributed by atoms with Crippen LogP contribution in [0.2, 0.25) is 0 Å². The summed E-state index contributed by atoms with van der Waals surface area (Å²) in [6.07, 6.45) is 1.93. The van der Waals surface area contributed by atoms with Crippen LogP contribution in [0.1, 0.15) is 18.4 Å². The molecule has 1 atom stereocenters. The summed E-state index contributed by atoms with van der Waals surface area (Å²) in [4.78, 5) is 33.6. The third-order valence-corrected chi connectivity index (χ3v) is 3.34. The van der Waals surface area contributed by atoms with Crippen LogP contribution in [-0.4, -0.2) is 30.0 Å². The Hall–Kier alpha value is -2.44. The largest absolute Gasteiger partial charge is 0.467 e. The lowest BCUT2D eigenvalue weighted by Gasteiger charge is -2.16. The predicted octanol–water partition coefficient (Wildman–Crippen LogP) is 1.21. The minimum absolute atomic E-state index is 0.00554. The highest BCUT2D eigenvalue weighted by atomic mass is 16.6. The Morgan fingerprint density at radius 3 is 2.48 bits per heavy atom. The van der Waals surface area contributed by atoms with E-state index in [-0.39, 0.29) is 23.9 Å². The van der Waals surface area contributed by atoms with Gasteiger partial charge in [-0.15, -0.1) is 0 Å². The Morgan fingerprint density at radius 1 is 1.38 bits per heavy atom. The van der Waals surface area contributed by atoms with Gasteiger partial charge in [0.05, 0.1) is 12.0 Å². The molecule has 0 unspecified atom stereocenters. The topological polar surface area (TPSA) is 98.5 Å². The number of nitrogens with zero attached hydrogens (tertiary/aromatic N) is 1. The highest BCUT2D eigenvalue weighted by Crippen LogP contribution is 2.29. The number of nitro benzene ring substituents is 1. The predicted molar refractivity (Wildman–Crippen MR) is 73.5 cm³/mol. The van der Waals surface area contributed by atoms with Crippen LogP contribution in [0.25, 0.3) is 0 Å². The Balaban J connectivity index is 2.04. The number of ether oxygens (including phenoxy) is 1. The summed E-state index contributed by atoms with van der Waals surface area (Å²) in [6.45, 7) is 0. The molecule has 7 nitrogen and oxygen atoms in total. The van der Waals surface area contributed by atoms with Gasteiger partial charge in [-0.25, -0.2) is 4.79 Å². The van der Waals surface area contributed by atoms with Gasteiger partial charge in [0.1, 0.15) is 6.04 Å². The van der Waals surface area contributed by atoms with E-state index in [9.17, 15) is 19.7 Å². The van der Waals surface area contributed by atoms with Crippen LogP contribution in [0.5, 0.6) is 0 Å². The molecule has 0 aromatic heterocycles. The van der Waals surface area contributed by atoms with Crippen molar-refractivity contribution < 1.29 is 19.2 Å². The number of hydrogen-bond acceptors (Lipinski definition) is 5. The summed E-state index contributed by atoms with van der Waals surface area (Å²) >= 11 is 0. The molecule has 0 spiro atoms. The summed E-state index contributed by atoms with van der Waals surface area (Å²) in [5.74, 6) is -0.677. The maximum Gasteiger partial charge on any atom is 0.328 e. The second-order valence-electron chi connectivity index (χ2n) is 4.99. The number of nitrogens with one attached hydrogen (secondary N) is 1. The number of benzene rings is 1. The smallest absolute Gasteiger partial charge is 0.328 e. The number of carbonyl (C=O) groups excluding carboxylic acids is 2. The van der Waals surface area contributed by atoms with Gasteiger partial charge in [0.25, 0.3) is 5.69 Å². The molecule has 2 rings (SSSR count). The van der Waals surface area contributed by atoms with E-state index in [1.165, 1.54) is 19.2 Å². The minimum atomic E-state index is -0.774. The molecular formula is C14H16N2O5. The molecule has 0 saturated heterocycles. The molecule has 0 radical (unpaired) electrons. The Bertz CT molecular complexity index is 551. The van der Waals surface area contributed by atoms with Gasteiger partial charge in [0, 0.05) is 24.5 Å². The van der Waals surface area contributed by atoms with Crippen molar-refractivity contribution >= 4 is 17.6 Å². The van der Waals surface area contributed by atoms with E-state index in [0.717, 1.165) is 12.8 Å². The molecule has 1 aromatic carbocycles. The molecule has 1 aliphatic carbocycles. The van der Waals surface area contributed by atoms with Gasteiger partial charge in [0.2, 0.25) is 5.91 Å². The van der Waals surface area contributed by atoms with Crippen molar-refractivity contribution in [2.24, 2.45) is 5.92 Å². The average Bonchev–Trinajstić information content (AvgIpc) is 3.30. The third kappa shape index (κ3) is 4.01. The summed E-state index contributed by atoms with van der Waals surface area (Å²) < 4.78 is 4.69. The van der Waals surface area contributed by atoms with Crippen molar-refractivity contribution in [2.75, 3.05) is 7.11 Å². The maximum absolute atomic E-state index is 11.8. The first-order chi connectivity index (χ1) is 10.0. The monoisotopic (exact) mass is 292 g/mol. The molecule has 7 heteroatoms. The zero-order valence-electron chi connectivity index (χ0n) is 11.6. The standard InChI is InChI=1S/C14H16N2O5/c1-21-14(18)12(15-13(17)10-4-5-10)8-9-2-6-11(7-3-9)16(19)20/h2-3,6-7,10,12H,4-5,8H2,1H3,(H,15,17)/t12-/m0/s1. The lowest BCUT2D eigenvalue weighted by molar-refractivity contribution is -0.384. The first kappa shape index (κ1) is 15.0. The van der Waals surface area contributed by atoms with Crippen LogP contribution < -0.4 is 5.32 Å². The number of methoxy groups -OCH3 is 1. The zero-order chi connectivity index (χ0) is 15.4. The van der Waals surface area contributed by atoms with Crippen molar-refractivity contribution in [1.29, 1.82) is 0 Å². The molecule has 1 aromatic rings. The molecule has 0 heterocycles. The Morgan fingerprint density at radius 2 is 2.00 bits per heavy atom. The van der Waals surface area contributed by atoms with Gasteiger partial charge in [0.15, 0.2) is 0 Å². The molecule has 1 fully saturated rings. The number of carbonyl (C=O) groups is 2. The number of rotatable bonds is 6. The quantitative estimate of drug-likeness (QED) is 0.482. The molecule has 21 heavy (non-hydrogen) atoms. The van der Waals surface area contributed by atoms with E-state index in [0.29, 0.717) is 5.56 Å². The maximum atomic E-state index is 11.8. The normalized spacial score (nSPS) is 15.1. The van der Waals surface area contributed by atoms with Gasteiger partial charge < -0.3 is 10.1 Å². The van der Waals surface area contributed by atoms with Crippen molar-refractivity contribution in [3.05, 3.63) is 39.9 Å². The van der Waals surface area contributed by atoms with Gasteiger partial charge in [-0.2, -0.15) is 0 Å². The summed E-state index contributed by atoms with van der Waals surface area (Å²) in [5, 5.41) is 13.3. The van der Waals surface area contributed by atoms with E-state index >= 15 is 0 Å². The van der Waals surface area contributed by atoms with Crippen LogP contribution in [0.15, 0.2) is 24.3 Å². The lowest BCUT2D eigenvalue weighted by Crippen LogP contribution is -2.43. The van der Waals surface area contributed by atoms with Crippen molar-refractivity contribution in [3.8, 4) is 0 Å². The SMILES string of the molecule is COC(=O)[C@H](Cc1ccc([N+](=O)[O-])cc1)NC(=O)C1CC1. The van der Waals surface area contributed by atoms with Crippen molar-refractivity contribution in [3.63, 3.8) is 0 Å². The third-order valence-electron chi connectivity index (χ3n) is 3.34. The Labute approximate surface area is 121 Å². The number of hydrogen-bond donors (Lipinski definition) is 1. The van der Waals surface area contributed by atoms with E-state index in [2.05, 4.69) is 10.1 Å². The second-order valence-corrected chi connectivity index (χ2v) is 4.99. The van der Waals surface area contributed by atoms with E-state index in [4.69, 9.17) is 0 Å². The molecule has 0 bridgehead atoms. The van der Waals surface area contributed by atoms with Crippen LogP contribution >= 0.6 is 0 Å². The van der Waals surface area contributed by atoms with Crippen LogP contribution in [-0.2, 0) is 20.7 Å². The van der Waals surface area contributed by atoms with Crippen LogP contribution in [0, 0.1) is 16.0 Å². The summed E-state index contributed by atoms with van der Waals surface area (Å²) in [6, 6.07) is 5.09. The minimum Gasteiger partial charge on any atom is -0.467 e. The van der Waals surface area contributed by atoms with Crippen LogP contribution in [0.4, 0.5) is 5.69 Å². The lowest BCUT2D eigenvalue weighted by atomic mass is 10.1. The number of nitro groups is 1. The van der Waals surface area contributed by atoms with E-state index < -0.39 is 16.9 Å². The number of non-ortho nitro benzene ring substituents is 1. The first-order valence-corrected chi connectivity index (χ1v) is 6.63. The van der Waals surface area contributed by atoms with E-state index in [1.807, 2.05) is 0 Å². The highest BCUT2D eigenvalue weighted by Gasteiger charge is 2.33. The fourth-order valence-electron chi connectivity index (χ4n) is 1.96. The number of esters is 1. The summed E-state index contributed by atoms with van der Waals surface area (Å²) in [7, 11) is 1.26. The molecule has 112 valence electrons. The molecular weight excluding hydrogens is 276 g/mol. The fraction of sp³-hybridized carbons (Fsp3) is 0.429. The van der Waals surface area contributed by atoms with Crippen molar-refractivity contribution in [2.45, 2.75) is 25.3 Å². The zero-order valence-corrected chi connectivity index (χ0v) is 11.6. The molecule has 1 saturated carbocycles. The van der Waals surface area contributed by atoms with Crippen molar-refractivity contribution in [1.82, 2.24) is 5.32 Å². The second kappa shape index (κ2) is 6.34. The molecule has 1 amide bonds. The van der Waals surface area contributed by atoms with Gasteiger partial charge in [-0.1, -0.05) is 12.1 Å². The Kier molecular flexibility index (Phi) is 4.52. The van der Waals surface area contributed by atoms with Gasteiger partial charge in [-0.05, 0) is 18.4 Å². The van der Waals surface area contributed by atoms with Gasteiger partial charge >= 0.3 is 5.97 Å². The summed E-state index contributed by atoms with van der Waals surface area (Å²) in [5.41, 5.74) is 0.697. The fourth-order valence-corrected chi connectivity index (χ4v) is 1.96. The molecule has 0 aliphatic heterocycles. The van der Waals surface area contributed by atoms with E-state index in [1.54, 1.807) is 12.1 Å². The highest BCUT2D eigenvalue weighted by molar-refractivity contribution is 5.87. The van der Waals surface area contributed by atoms with Crippen LogP contribution in [0.3, 0.4) is 0 Å².